The van der Waals surface area contributed by atoms with E-state index in [2.05, 4.69) is 19.2 Å². The molecule has 0 saturated carbocycles. The molecular formula is C26H28Cl2N2O3S. The summed E-state index contributed by atoms with van der Waals surface area (Å²) < 4.78 is 26.3. The van der Waals surface area contributed by atoms with E-state index in [4.69, 9.17) is 23.2 Å². The van der Waals surface area contributed by atoms with Crippen molar-refractivity contribution in [1.82, 2.24) is 5.32 Å². The largest absolute Gasteiger partial charge is 0.345 e. The van der Waals surface area contributed by atoms with Crippen LogP contribution in [0.1, 0.15) is 47.8 Å². The van der Waals surface area contributed by atoms with Gasteiger partial charge in [0.2, 0.25) is 10.0 Å². The van der Waals surface area contributed by atoms with Gasteiger partial charge in [0.15, 0.2) is 0 Å². The van der Waals surface area contributed by atoms with E-state index in [-0.39, 0.29) is 18.5 Å². The summed E-state index contributed by atoms with van der Waals surface area (Å²) in [7, 11) is -3.64. The maximum atomic E-state index is 13.0. The third kappa shape index (κ3) is 6.75. The molecule has 0 saturated heterocycles. The van der Waals surface area contributed by atoms with Gasteiger partial charge in [-0.3, -0.25) is 9.10 Å². The van der Waals surface area contributed by atoms with Crippen LogP contribution in [0.15, 0.2) is 72.8 Å². The lowest BCUT2D eigenvalue weighted by molar-refractivity contribution is 0.0932. The highest BCUT2D eigenvalue weighted by Crippen LogP contribution is 2.29. The smallest absolute Gasteiger partial charge is 0.251 e. The molecule has 8 heteroatoms. The van der Waals surface area contributed by atoms with Gasteiger partial charge < -0.3 is 5.32 Å². The number of benzene rings is 3. The number of anilines is 1. The number of amides is 1. The minimum absolute atomic E-state index is 0.0205. The minimum atomic E-state index is -3.64. The molecule has 0 heterocycles. The molecule has 0 fully saturated rings. The lowest BCUT2D eigenvalue weighted by Crippen LogP contribution is -2.30. The number of carbonyl (C=O) groups excluding carboxylic acids is 1. The molecule has 3 aromatic carbocycles. The number of nitrogens with zero attached hydrogens (tertiary/aromatic N) is 1. The second-order valence-electron chi connectivity index (χ2n) is 8.58. The molecule has 0 radical (unpaired) electrons. The lowest BCUT2D eigenvalue weighted by Gasteiger charge is -2.24. The van der Waals surface area contributed by atoms with Gasteiger partial charge in [0, 0.05) is 21.2 Å². The minimum Gasteiger partial charge on any atom is -0.345 e. The Morgan fingerprint density at radius 2 is 1.50 bits per heavy atom. The van der Waals surface area contributed by atoms with Crippen molar-refractivity contribution >= 4 is 44.8 Å². The van der Waals surface area contributed by atoms with Gasteiger partial charge in [0.1, 0.15) is 0 Å². The number of rotatable bonds is 9. The number of nitrogens with one attached hydrogen (secondary N) is 1. The van der Waals surface area contributed by atoms with Crippen molar-refractivity contribution in [3.8, 4) is 0 Å². The highest BCUT2D eigenvalue weighted by atomic mass is 35.5. The highest BCUT2D eigenvalue weighted by Gasteiger charge is 2.22. The van der Waals surface area contributed by atoms with Gasteiger partial charge in [-0.1, -0.05) is 73.4 Å². The molecule has 180 valence electrons. The number of hydrogen-bond acceptors (Lipinski definition) is 3. The molecule has 0 aromatic heterocycles. The summed E-state index contributed by atoms with van der Waals surface area (Å²) in [5.74, 6) is 0.175. The predicted molar refractivity (Wildman–Crippen MR) is 140 cm³/mol. The Morgan fingerprint density at radius 3 is 2.03 bits per heavy atom. The summed E-state index contributed by atoms with van der Waals surface area (Å²) in [6.45, 7) is 4.21. The standard InChI is InChI=1S/C26H28Cl2N2O3S/c1-18(2)16-25(19-8-5-4-6-9-19)29-26(31)20-12-14-21(15-13-20)30(34(3,32)33)17-22-23(27)10-7-11-24(22)28/h4-15,18,25H,16-17H2,1-3H3,(H,29,31)/t25-/m0/s1. The molecule has 5 nitrogen and oxygen atoms in total. The third-order valence-electron chi connectivity index (χ3n) is 5.40. The van der Waals surface area contributed by atoms with Gasteiger partial charge in [0.25, 0.3) is 5.91 Å². The zero-order valence-electron chi connectivity index (χ0n) is 19.3. The van der Waals surface area contributed by atoms with E-state index in [9.17, 15) is 13.2 Å². The maximum absolute atomic E-state index is 13.0. The lowest BCUT2D eigenvalue weighted by atomic mass is 9.96. The van der Waals surface area contributed by atoms with E-state index in [0.717, 1.165) is 18.2 Å². The van der Waals surface area contributed by atoms with Crippen molar-refractivity contribution in [3.05, 3.63) is 99.5 Å². The molecule has 1 amide bonds. The van der Waals surface area contributed by atoms with Gasteiger partial charge in [-0.2, -0.15) is 0 Å². The normalized spacial score (nSPS) is 12.4. The van der Waals surface area contributed by atoms with Crippen molar-refractivity contribution < 1.29 is 13.2 Å². The Balaban J connectivity index is 1.83. The average molecular weight is 519 g/mol. The van der Waals surface area contributed by atoms with Crippen molar-refractivity contribution in [2.45, 2.75) is 32.9 Å². The van der Waals surface area contributed by atoms with E-state index in [0.29, 0.717) is 32.8 Å². The Hall–Kier alpha value is -2.54. The van der Waals surface area contributed by atoms with Crippen LogP contribution in [-0.2, 0) is 16.6 Å². The monoisotopic (exact) mass is 518 g/mol. The Morgan fingerprint density at radius 1 is 0.912 bits per heavy atom. The Labute approximate surface area is 211 Å². The van der Waals surface area contributed by atoms with Gasteiger partial charge in [-0.25, -0.2) is 8.42 Å². The third-order valence-corrected chi connectivity index (χ3v) is 7.24. The summed E-state index contributed by atoms with van der Waals surface area (Å²) >= 11 is 12.5. The fourth-order valence-corrected chi connectivity index (χ4v) is 5.07. The summed E-state index contributed by atoms with van der Waals surface area (Å²) in [6, 6.07) is 21.2. The van der Waals surface area contributed by atoms with Crippen LogP contribution in [0, 0.1) is 5.92 Å². The fraction of sp³-hybridized carbons (Fsp3) is 0.269. The van der Waals surface area contributed by atoms with Crippen LogP contribution in [0.3, 0.4) is 0 Å². The van der Waals surface area contributed by atoms with Crippen molar-refractivity contribution in [2.24, 2.45) is 5.92 Å². The molecule has 3 rings (SSSR count). The number of hydrogen-bond donors (Lipinski definition) is 1. The first-order chi connectivity index (χ1) is 16.1. The second kappa shape index (κ2) is 11.3. The predicted octanol–water partition coefficient (Wildman–Crippen LogP) is 6.48. The van der Waals surface area contributed by atoms with Crippen LogP contribution in [0.5, 0.6) is 0 Å². The summed E-state index contributed by atoms with van der Waals surface area (Å²) in [5.41, 5.74) is 2.41. The average Bonchev–Trinajstić information content (AvgIpc) is 2.78. The first-order valence-electron chi connectivity index (χ1n) is 10.9. The van der Waals surface area contributed by atoms with E-state index in [1.807, 2.05) is 30.3 Å². The number of sulfonamides is 1. The molecular weight excluding hydrogens is 491 g/mol. The van der Waals surface area contributed by atoms with Crippen LogP contribution in [0.25, 0.3) is 0 Å². The molecule has 0 spiro atoms. The van der Waals surface area contributed by atoms with Gasteiger partial charge in [-0.05, 0) is 54.3 Å². The van der Waals surface area contributed by atoms with Gasteiger partial charge >= 0.3 is 0 Å². The summed E-state index contributed by atoms with van der Waals surface area (Å²) in [5, 5.41) is 3.88. The zero-order chi connectivity index (χ0) is 24.9. The van der Waals surface area contributed by atoms with Crippen LogP contribution in [0.4, 0.5) is 5.69 Å². The maximum Gasteiger partial charge on any atom is 0.251 e. The topological polar surface area (TPSA) is 66.5 Å². The number of carbonyl (C=O) groups is 1. The van der Waals surface area contributed by atoms with Crippen molar-refractivity contribution in [3.63, 3.8) is 0 Å². The molecule has 0 unspecified atom stereocenters. The van der Waals surface area contributed by atoms with Gasteiger partial charge in [-0.15, -0.1) is 0 Å². The first kappa shape index (κ1) is 26.1. The van der Waals surface area contributed by atoms with Crippen molar-refractivity contribution in [2.75, 3.05) is 10.6 Å². The van der Waals surface area contributed by atoms with E-state index in [1.165, 1.54) is 4.31 Å². The first-order valence-corrected chi connectivity index (χ1v) is 13.5. The molecule has 0 aliphatic heterocycles. The molecule has 0 aliphatic rings. The molecule has 1 N–H and O–H groups in total. The van der Waals surface area contributed by atoms with Crippen LogP contribution in [0.2, 0.25) is 10.0 Å². The quantitative estimate of drug-likeness (QED) is 0.352. The van der Waals surface area contributed by atoms with Crippen molar-refractivity contribution in [1.29, 1.82) is 0 Å². The van der Waals surface area contributed by atoms with E-state index >= 15 is 0 Å². The molecule has 0 aliphatic carbocycles. The Bertz CT molecular complexity index is 1210. The summed E-state index contributed by atoms with van der Waals surface area (Å²) in [6.07, 6.45) is 1.92. The van der Waals surface area contributed by atoms with E-state index < -0.39 is 10.0 Å². The second-order valence-corrected chi connectivity index (χ2v) is 11.3. The molecule has 3 aromatic rings. The summed E-state index contributed by atoms with van der Waals surface area (Å²) in [4.78, 5) is 13.0. The number of halogens is 2. The molecule has 0 bridgehead atoms. The fourth-order valence-electron chi connectivity index (χ4n) is 3.68. The highest BCUT2D eigenvalue weighted by molar-refractivity contribution is 7.92. The SMILES string of the molecule is CC(C)C[C@H](NC(=O)c1ccc(N(Cc2c(Cl)cccc2Cl)S(C)(=O)=O)cc1)c1ccccc1. The molecule has 1 atom stereocenters. The molecule has 34 heavy (non-hydrogen) atoms. The van der Waals surface area contributed by atoms with Crippen LogP contribution < -0.4 is 9.62 Å². The van der Waals surface area contributed by atoms with Gasteiger partial charge in [0.05, 0.1) is 24.5 Å². The van der Waals surface area contributed by atoms with E-state index in [1.54, 1.807) is 42.5 Å². The van der Waals surface area contributed by atoms with Crippen LogP contribution >= 0.6 is 23.2 Å². The van der Waals surface area contributed by atoms with Crippen LogP contribution in [-0.4, -0.2) is 20.6 Å². The Kier molecular flexibility index (Phi) is 8.63. The zero-order valence-corrected chi connectivity index (χ0v) is 21.7.